The van der Waals surface area contributed by atoms with Crippen molar-refractivity contribution in [1.82, 2.24) is 10.3 Å². The highest BCUT2D eigenvalue weighted by atomic mass is 35.5. The molecule has 3 nitrogen and oxygen atoms in total. The molecule has 5 heteroatoms. The van der Waals surface area contributed by atoms with Crippen molar-refractivity contribution in [2.45, 2.75) is 6.54 Å². The van der Waals surface area contributed by atoms with Crippen LogP contribution in [-0.4, -0.2) is 27.7 Å². The molecule has 0 saturated heterocycles. The molecule has 0 radical (unpaired) electrons. The number of H-pyrrole nitrogens is 1. The molecule has 1 aromatic carbocycles. The van der Waals surface area contributed by atoms with Crippen molar-refractivity contribution in [2.75, 3.05) is 18.6 Å². The van der Waals surface area contributed by atoms with Crippen LogP contribution >= 0.6 is 11.6 Å². The molecule has 0 fully saturated rings. The fourth-order valence-electron chi connectivity index (χ4n) is 1.71. The summed E-state index contributed by atoms with van der Waals surface area (Å²) < 4.78 is 10.9. The van der Waals surface area contributed by atoms with Gasteiger partial charge in [-0.05, 0) is 6.07 Å². The van der Waals surface area contributed by atoms with Gasteiger partial charge in [0.25, 0.3) is 0 Å². The van der Waals surface area contributed by atoms with Crippen LogP contribution in [0.1, 0.15) is 5.69 Å². The number of fused-ring (bicyclic) bond motifs is 1. The molecule has 1 heterocycles. The fraction of sp³-hybridized carbons (Fsp3) is 0.333. The summed E-state index contributed by atoms with van der Waals surface area (Å²) in [6.45, 7) is 1.40. The lowest BCUT2D eigenvalue weighted by Crippen LogP contribution is -2.19. The van der Waals surface area contributed by atoms with Gasteiger partial charge in [0.1, 0.15) is 0 Å². The monoisotopic (exact) mass is 270 g/mol. The van der Waals surface area contributed by atoms with E-state index >= 15 is 0 Å². The van der Waals surface area contributed by atoms with E-state index in [1.54, 1.807) is 6.26 Å². The van der Waals surface area contributed by atoms with Crippen LogP contribution < -0.4 is 5.32 Å². The lowest BCUT2D eigenvalue weighted by atomic mass is 10.2. The standard InChI is InChI=1S/C12H15ClN2OS/c1-17(16)7-6-14-8-11-12(13)9-4-2-3-5-10(9)15-11/h2-5,14-15H,6-8H2,1H3. The van der Waals surface area contributed by atoms with Crippen molar-refractivity contribution in [1.29, 1.82) is 0 Å². The van der Waals surface area contributed by atoms with Gasteiger partial charge in [0.05, 0.1) is 5.02 Å². The fourth-order valence-corrected chi connectivity index (χ4v) is 2.43. The van der Waals surface area contributed by atoms with Crippen molar-refractivity contribution < 1.29 is 4.21 Å². The molecule has 2 N–H and O–H groups in total. The van der Waals surface area contributed by atoms with E-state index in [4.69, 9.17) is 11.6 Å². The number of aromatic nitrogens is 1. The first-order chi connectivity index (χ1) is 8.18. The van der Waals surface area contributed by atoms with Gasteiger partial charge in [0.2, 0.25) is 0 Å². The van der Waals surface area contributed by atoms with Gasteiger partial charge < -0.3 is 10.3 Å². The number of rotatable bonds is 5. The normalized spacial score (nSPS) is 13.1. The summed E-state index contributed by atoms with van der Waals surface area (Å²) >= 11 is 6.27. The number of aromatic amines is 1. The molecule has 0 saturated carbocycles. The average molecular weight is 271 g/mol. The van der Waals surface area contributed by atoms with Gasteiger partial charge in [0.15, 0.2) is 0 Å². The third-order valence-corrected chi connectivity index (χ3v) is 3.79. The van der Waals surface area contributed by atoms with Gasteiger partial charge in [-0.3, -0.25) is 4.21 Å². The van der Waals surface area contributed by atoms with E-state index in [0.717, 1.165) is 28.2 Å². The van der Waals surface area contributed by atoms with Crippen molar-refractivity contribution in [3.63, 3.8) is 0 Å². The smallest absolute Gasteiger partial charge is 0.0705 e. The predicted molar refractivity (Wildman–Crippen MR) is 73.9 cm³/mol. The minimum Gasteiger partial charge on any atom is -0.356 e. The Morgan fingerprint density at radius 1 is 1.41 bits per heavy atom. The Balaban J connectivity index is 2.04. The van der Waals surface area contributed by atoms with Crippen LogP contribution in [0.25, 0.3) is 10.9 Å². The van der Waals surface area contributed by atoms with Crippen LogP contribution in [0.4, 0.5) is 0 Å². The molecule has 0 amide bonds. The quantitative estimate of drug-likeness (QED) is 0.819. The molecule has 17 heavy (non-hydrogen) atoms. The van der Waals surface area contributed by atoms with Crippen molar-refractivity contribution in [3.8, 4) is 0 Å². The molecule has 0 aliphatic carbocycles. The second-order valence-electron chi connectivity index (χ2n) is 3.92. The Labute approximate surface area is 108 Å². The number of nitrogens with one attached hydrogen (secondary N) is 2. The maximum atomic E-state index is 10.9. The zero-order valence-electron chi connectivity index (χ0n) is 9.63. The van der Waals surface area contributed by atoms with Gasteiger partial charge in [0, 0.05) is 52.5 Å². The summed E-state index contributed by atoms with van der Waals surface area (Å²) in [5.41, 5.74) is 2.03. The molecule has 0 bridgehead atoms. The Bertz CT molecular complexity index is 538. The SMILES string of the molecule is CS(=O)CCNCc1[nH]c2ccccc2c1Cl. The van der Waals surface area contributed by atoms with Crippen LogP contribution in [0.15, 0.2) is 24.3 Å². The second kappa shape index (κ2) is 5.67. The highest BCUT2D eigenvalue weighted by Crippen LogP contribution is 2.26. The molecule has 2 rings (SSSR count). The minimum absolute atomic E-state index is 0.665. The van der Waals surface area contributed by atoms with E-state index in [2.05, 4.69) is 10.3 Å². The van der Waals surface area contributed by atoms with Crippen molar-refractivity contribution in [2.24, 2.45) is 0 Å². The van der Waals surface area contributed by atoms with Gasteiger partial charge >= 0.3 is 0 Å². The molecule has 1 atom stereocenters. The molecule has 0 aliphatic heterocycles. The first-order valence-corrected chi connectivity index (χ1v) is 7.55. The molecule has 1 aromatic heterocycles. The summed E-state index contributed by atoms with van der Waals surface area (Å²) in [4.78, 5) is 3.28. The Morgan fingerprint density at radius 3 is 2.88 bits per heavy atom. The maximum absolute atomic E-state index is 10.9. The highest BCUT2D eigenvalue weighted by Gasteiger charge is 2.07. The lowest BCUT2D eigenvalue weighted by Gasteiger charge is -2.02. The minimum atomic E-state index is -0.749. The third kappa shape index (κ3) is 3.09. The van der Waals surface area contributed by atoms with E-state index in [9.17, 15) is 4.21 Å². The van der Waals surface area contributed by atoms with Gasteiger partial charge in [-0.15, -0.1) is 0 Å². The highest BCUT2D eigenvalue weighted by molar-refractivity contribution is 7.84. The third-order valence-electron chi connectivity index (χ3n) is 2.58. The van der Waals surface area contributed by atoms with E-state index in [0.29, 0.717) is 12.3 Å². The predicted octanol–water partition coefficient (Wildman–Crippen LogP) is 2.29. The van der Waals surface area contributed by atoms with Crippen molar-refractivity contribution in [3.05, 3.63) is 35.0 Å². The largest absolute Gasteiger partial charge is 0.356 e. The first kappa shape index (κ1) is 12.6. The number of hydrogen-bond acceptors (Lipinski definition) is 2. The summed E-state index contributed by atoms with van der Waals surface area (Å²) in [6.07, 6.45) is 1.71. The molecular formula is C12H15ClN2OS. The van der Waals surface area contributed by atoms with Crippen molar-refractivity contribution >= 4 is 33.3 Å². The first-order valence-electron chi connectivity index (χ1n) is 5.44. The van der Waals surface area contributed by atoms with Crippen LogP contribution in [0.2, 0.25) is 5.02 Å². The average Bonchev–Trinajstić information content (AvgIpc) is 2.63. The lowest BCUT2D eigenvalue weighted by molar-refractivity contribution is 0.675. The zero-order chi connectivity index (χ0) is 12.3. The van der Waals surface area contributed by atoms with Gasteiger partial charge in [-0.2, -0.15) is 0 Å². The zero-order valence-corrected chi connectivity index (χ0v) is 11.2. The summed E-state index contributed by atoms with van der Waals surface area (Å²) in [5, 5.41) is 5.04. The van der Waals surface area contributed by atoms with E-state index in [1.165, 1.54) is 0 Å². The van der Waals surface area contributed by atoms with E-state index < -0.39 is 10.8 Å². The number of para-hydroxylation sites is 1. The van der Waals surface area contributed by atoms with Crippen LogP contribution in [0.5, 0.6) is 0 Å². The number of hydrogen-bond donors (Lipinski definition) is 2. The maximum Gasteiger partial charge on any atom is 0.0705 e. The van der Waals surface area contributed by atoms with E-state index in [1.807, 2.05) is 24.3 Å². The molecule has 2 aromatic rings. The molecular weight excluding hydrogens is 256 g/mol. The van der Waals surface area contributed by atoms with Crippen LogP contribution in [0.3, 0.4) is 0 Å². The topological polar surface area (TPSA) is 44.9 Å². The van der Waals surface area contributed by atoms with Crippen LogP contribution in [0, 0.1) is 0 Å². The number of halogens is 1. The molecule has 1 unspecified atom stereocenters. The molecule has 0 spiro atoms. The summed E-state index contributed by atoms with van der Waals surface area (Å²) in [7, 11) is -0.749. The molecule has 0 aliphatic rings. The summed E-state index contributed by atoms with van der Waals surface area (Å²) in [5.74, 6) is 0.665. The van der Waals surface area contributed by atoms with Crippen LogP contribution in [-0.2, 0) is 17.3 Å². The number of benzene rings is 1. The summed E-state index contributed by atoms with van der Waals surface area (Å²) in [6, 6.07) is 7.96. The Morgan fingerprint density at radius 2 is 2.18 bits per heavy atom. The molecule has 92 valence electrons. The van der Waals surface area contributed by atoms with Gasteiger partial charge in [-0.25, -0.2) is 0 Å². The Kier molecular flexibility index (Phi) is 4.20. The Hall–Kier alpha value is -0.840. The second-order valence-corrected chi connectivity index (χ2v) is 5.85. The van der Waals surface area contributed by atoms with E-state index in [-0.39, 0.29) is 0 Å². The van der Waals surface area contributed by atoms with Gasteiger partial charge in [-0.1, -0.05) is 29.8 Å².